The van der Waals surface area contributed by atoms with E-state index in [2.05, 4.69) is 26.5 Å². The number of carbonyl (C=O) groups is 1. The van der Waals surface area contributed by atoms with Gasteiger partial charge < -0.3 is 15.4 Å². The molecule has 1 aliphatic rings. The quantitative estimate of drug-likeness (QED) is 0.814. The van der Waals surface area contributed by atoms with Gasteiger partial charge in [-0.3, -0.25) is 4.98 Å². The lowest BCUT2D eigenvalue weighted by molar-refractivity contribution is 0.0593. The molecule has 1 saturated heterocycles. The molecule has 1 fully saturated rings. The van der Waals surface area contributed by atoms with Crippen molar-refractivity contribution in [2.75, 3.05) is 25.1 Å². The van der Waals surface area contributed by atoms with Gasteiger partial charge in [-0.25, -0.2) is 9.78 Å². The monoisotopic (exact) mass is 264 g/mol. The highest BCUT2D eigenvalue weighted by Crippen LogP contribution is 2.26. The molecule has 6 nitrogen and oxygen atoms in total. The number of anilines is 1. The van der Waals surface area contributed by atoms with Gasteiger partial charge in [0.2, 0.25) is 0 Å². The first kappa shape index (κ1) is 13.7. The number of piperidine rings is 1. The number of hydrogen-bond acceptors (Lipinski definition) is 6. The highest BCUT2D eigenvalue weighted by molar-refractivity contribution is 5.87. The number of carbonyl (C=O) groups excluding carboxylic acids is 1. The van der Waals surface area contributed by atoms with Gasteiger partial charge in [0.05, 0.1) is 19.5 Å². The predicted octanol–water partition coefficient (Wildman–Crippen LogP) is 0.827. The van der Waals surface area contributed by atoms with Gasteiger partial charge in [-0.05, 0) is 18.8 Å². The average molecular weight is 264 g/mol. The zero-order valence-corrected chi connectivity index (χ0v) is 11.4. The van der Waals surface area contributed by atoms with E-state index >= 15 is 0 Å². The topological polar surface area (TPSA) is 81.3 Å². The van der Waals surface area contributed by atoms with E-state index in [4.69, 9.17) is 5.73 Å². The summed E-state index contributed by atoms with van der Waals surface area (Å²) in [5.74, 6) is 0.746. The molecule has 0 saturated carbocycles. The van der Waals surface area contributed by atoms with Crippen LogP contribution in [0.2, 0.25) is 0 Å². The molecule has 2 unspecified atom stereocenters. The van der Waals surface area contributed by atoms with Crippen LogP contribution in [0.1, 0.15) is 30.3 Å². The smallest absolute Gasteiger partial charge is 0.358 e. The molecule has 0 amide bonds. The number of nitrogens with two attached hydrogens (primary N) is 1. The van der Waals surface area contributed by atoms with Crippen LogP contribution in [-0.4, -0.2) is 42.2 Å². The van der Waals surface area contributed by atoms with E-state index in [0.717, 1.165) is 13.0 Å². The second-order valence-corrected chi connectivity index (χ2v) is 4.87. The van der Waals surface area contributed by atoms with Gasteiger partial charge in [-0.15, -0.1) is 0 Å². The summed E-state index contributed by atoms with van der Waals surface area (Å²) in [6.45, 7) is 3.66. The van der Waals surface area contributed by atoms with Crippen LogP contribution in [-0.2, 0) is 4.74 Å². The first-order valence-corrected chi connectivity index (χ1v) is 6.54. The summed E-state index contributed by atoms with van der Waals surface area (Å²) < 4.78 is 4.67. The SMILES string of the molecule is COC(=O)c1cncc(N2CCCC(C)C2CN)n1. The number of esters is 1. The van der Waals surface area contributed by atoms with Crippen LogP contribution in [0, 0.1) is 5.92 Å². The maximum absolute atomic E-state index is 11.5. The number of ether oxygens (including phenoxy) is 1. The van der Waals surface area contributed by atoms with Crippen molar-refractivity contribution in [1.29, 1.82) is 0 Å². The van der Waals surface area contributed by atoms with Gasteiger partial charge in [0.25, 0.3) is 0 Å². The Kier molecular flexibility index (Phi) is 4.31. The average Bonchev–Trinajstić information content (AvgIpc) is 2.46. The Hall–Kier alpha value is -1.69. The van der Waals surface area contributed by atoms with Crippen molar-refractivity contribution in [3.63, 3.8) is 0 Å². The summed E-state index contributed by atoms with van der Waals surface area (Å²) in [5.41, 5.74) is 6.09. The number of rotatable bonds is 3. The minimum atomic E-state index is -0.469. The molecule has 0 aromatic carbocycles. The third kappa shape index (κ3) is 2.84. The third-order valence-electron chi connectivity index (χ3n) is 3.67. The van der Waals surface area contributed by atoms with E-state index < -0.39 is 5.97 Å². The first-order valence-electron chi connectivity index (χ1n) is 6.54. The molecule has 1 aromatic heterocycles. The van der Waals surface area contributed by atoms with Gasteiger partial charge in [-0.2, -0.15) is 0 Å². The Morgan fingerprint density at radius 3 is 3.05 bits per heavy atom. The van der Waals surface area contributed by atoms with E-state index in [9.17, 15) is 4.79 Å². The fourth-order valence-electron chi connectivity index (χ4n) is 2.59. The van der Waals surface area contributed by atoms with Crippen LogP contribution in [0.3, 0.4) is 0 Å². The highest BCUT2D eigenvalue weighted by Gasteiger charge is 2.28. The Balaban J connectivity index is 2.27. The molecular weight excluding hydrogens is 244 g/mol. The number of aromatic nitrogens is 2. The lowest BCUT2D eigenvalue weighted by Crippen LogP contribution is -2.49. The van der Waals surface area contributed by atoms with Crippen LogP contribution in [0.5, 0.6) is 0 Å². The van der Waals surface area contributed by atoms with Crippen molar-refractivity contribution in [2.45, 2.75) is 25.8 Å². The van der Waals surface area contributed by atoms with Gasteiger partial charge in [0.15, 0.2) is 5.69 Å². The molecule has 2 heterocycles. The zero-order chi connectivity index (χ0) is 13.8. The normalized spacial score (nSPS) is 23.2. The Bertz CT molecular complexity index is 452. The fourth-order valence-corrected chi connectivity index (χ4v) is 2.59. The molecular formula is C13H20N4O2. The summed E-state index contributed by atoms with van der Waals surface area (Å²) in [6.07, 6.45) is 5.36. The van der Waals surface area contributed by atoms with Gasteiger partial charge in [0, 0.05) is 19.1 Å². The van der Waals surface area contributed by atoms with Crippen molar-refractivity contribution in [1.82, 2.24) is 9.97 Å². The Morgan fingerprint density at radius 2 is 2.37 bits per heavy atom. The molecule has 1 aliphatic heterocycles. The molecule has 0 bridgehead atoms. The fraction of sp³-hybridized carbons (Fsp3) is 0.615. The summed E-state index contributed by atoms with van der Waals surface area (Å²) >= 11 is 0. The van der Waals surface area contributed by atoms with Gasteiger partial charge in [-0.1, -0.05) is 6.92 Å². The summed E-state index contributed by atoms with van der Waals surface area (Å²) in [5, 5.41) is 0. The standard InChI is InChI=1S/C13H20N4O2/c1-9-4-3-5-17(11(9)6-14)12-8-15-7-10(16-12)13(18)19-2/h7-9,11H,3-6,14H2,1-2H3. The van der Waals surface area contributed by atoms with E-state index in [1.807, 2.05) is 0 Å². The summed E-state index contributed by atoms with van der Waals surface area (Å²) in [6, 6.07) is 0.246. The van der Waals surface area contributed by atoms with E-state index in [-0.39, 0.29) is 11.7 Å². The largest absolute Gasteiger partial charge is 0.464 e. The minimum Gasteiger partial charge on any atom is -0.464 e. The molecule has 19 heavy (non-hydrogen) atoms. The Labute approximate surface area is 113 Å². The Morgan fingerprint density at radius 1 is 1.58 bits per heavy atom. The highest BCUT2D eigenvalue weighted by atomic mass is 16.5. The van der Waals surface area contributed by atoms with Gasteiger partial charge in [0.1, 0.15) is 5.82 Å². The molecule has 2 rings (SSSR count). The van der Waals surface area contributed by atoms with Crippen LogP contribution in [0.25, 0.3) is 0 Å². The maximum atomic E-state index is 11.5. The van der Waals surface area contributed by atoms with Gasteiger partial charge >= 0.3 is 5.97 Å². The number of methoxy groups -OCH3 is 1. The predicted molar refractivity (Wildman–Crippen MR) is 72.0 cm³/mol. The van der Waals surface area contributed by atoms with Crippen molar-refractivity contribution in [3.05, 3.63) is 18.1 Å². The lowest BCUT2D eigenvalue weighted by atomic mass is 9.91. The number of hydrogen-bond donors (Lipinski definition) is 1. The van der Waals surface area contributed by atoms with Crippen LogP contribution in [0.15, 0.2) is 12.4 Å². The molecule has 0 spiro atoms. The van der Waals surface area contributed by atoms with Crippen LogP contribution >= 0.6 is 0 Å². The molecule has 0 radical (unpaired) electrons. The lowest BCUT2D eigenvalue weighted by Gasteiger charge is -2.40. The first-order chi connectivity index (χ1) is 9.17. The van der Waals surface area contributed by atoms with Crippen molar-refractivity contribution >= 4 is 11.8 Å². The second kappa shape index (κ2) is 5.97. The molecule has 0 aliphatic carbocycles. The molecule has 2 N–H and O–H groups in total. The van der Waals surface area contributed by atoms with Crippen LogP contribution in [0.4, 0.5) is 5.82 Å². The molecule has 2 atom stereocenters. The summed E-state index contributed by atoms with van der Waals surface area (Å²) in [7, 11) is 1.34. The number of nitrogens with zero attached hydrogens (tertiary/aromatic N) is 3. The second-order valence-electron chi connectivity index (χ2n) is 4.87. The minimum absolute atomic E-state index is 0.231. The van der Waals surface area contributed by atoms with Crippen molar-refractivity contribution in [3.8, 4) is 0 Å². The molecule has 6 heteroatoms. The third-order valence-corrected chi connectivity index (χ3v) is 3.67. The molecule has 1 aromatic rings. The van der Waals surface area contributed by atoms with Crippen molar-refractivity contribution < 1.29 is 9.53 Å². The summed E-state index contributed by atoms with van der Waals surface area (Å²) in [4.78, 5) is 22.1. The van der Waals surface area contributed by atoms with Crippen LogP contribution < -0.4 is 10.6 Å². The maximum Gasteiger partial charge on any atom is 0.358 e. The van der Waals surface area contributed by atoms with E-state index in [0.29, 0.717) is 18.3 Å². The van der Waals surface area contributed by atoms with E-state index in [1.54, 1.807) is 6.20 Å². The zero-order valence-electron chi connectivity index (χ0n) is 11.4. The van der Waals surface area contributed by atoms with E-state index in [1.165, 1.54) is 19.7 Å². The van der Waals surface area contributed by atoms with Crippen molar-refractivity contribution in [2.24, 2.45) is 11.7 Å². The molecule has 104 valence electrons.